The van der Waals surface area contributed by atoms with E-state index in [0.29, 0.717) is 0 Å². The number of nitrogens with one attached hydrogen (secondary N) is 1. The molecule has 0 radical (unpaired) electrons. The van der Waals surface area contributed by atoms with Crippen LogP contribution >= 0.6 is 0 Å². The first-order valence-corrected chi connectivity index (χ1v) is 4.88. The largest absolute Gasteiger partial charge is 0.297 e. The van der Waals surface area contributed by atoms with Crippen LogP contribution in [0, 0.1) is 12.3 Å². The Morgan fingerprint density at radius 3 is 2.86 bits per heavy atom. The minimum atomic E-state index is 0.144. The molecule has 1 rings (SSSR count). The van der Waals surface area contributed by atoms with Crippen molar-refractivity contribution in [2.45, 2.75) is 32.4 Å². The normalized spacial score (nSPS) is 14.7. The summed E-state index contributed by atoms with van der Waals surface area (Å²) in [4.78, 5) is 0. The molecule has 14 heavy (non-hydrogen) atoms. The highest BCUT2D eigenvalue weighted by molar-refractivity contribution is 5.11. The van der Waals surface area contributed by atoms with Crippen molar-refractivity contribution in [1.29, 1.82) is 0 Å². The van der Waals surface area contributed by atoms with Crippen LogP contribution in [-0.4, -0.2) is 15.8 Å². The zero-order valence-electron chi connectivity index (χ0n) is 8.99. The van der Waals surface area contributed by atoms with Crippen molar-refractivity contribution in [1.82, 2.24) is 15.1 Å². The van der Waals surface area contributed by atoms with Crippen molar-refractivity contribution >= 4 is 0 Å². The first-order valence-electron chi connectivity index (χ1n) is 4.88. The molecule has 0 saturated heterocycles. The monoisotopic (exact) mass is 191 g/mol. The van der Waals surface area contributed by atoms with Crippen molar-refractivity contribution in [3.63, 3.8) is 0 Å². The van der Waals surface area contributed by atoms with Crippen LogP contribution < -0.4 is 5.32 Å². The van der Waals surface area contributed by atoms with Crippen LogP contribution in [0.5, 0.6) is 0 Å². The predicted molar refractivity (Wildman–Crippen MR) is 57.7 cm³/mol. The van der Waals surface area contributed by atoms with Crippen molar-refractivity contribution in [2.75, 3.05) is 0 Å². The summed E-state index contributed by atoms with van der Waals surface area (Å²) >= 11 is 0. The fraction of sp³-hybridized carbons (Fsp3) is 0.545. The van der Waals surface area contributed by atoms with Crippen LogP contribution in [0.3, 0.4) is 0 Å². The van der Waals surface area contributed by atoms with Gasteiger partial charge in [-0.1, -0.05) is 12.8 Å². The maximum atomic E-state index is 5.38. The van der Waals surface area contributed by atoms with E-state index < -0.39 is 0 Å². The molecule has 1 aromatic heterocycles. The summed E-state index contributed by atoms with van der Waals surface area (Å²) in [7, 11) is 1.91. The molecule has 0 bridgehead atoms. The van der Waals surface area contributed by atoms with Crippen molar-refractivity contribution in [2.24, 2.45) is 7.05 Å². The summed E-state index contributed by atoms with van der Waals surface area (Å²) in [6.45, 7) is 4.17. The van der Waals surface area contributed by atoms with Gasteiger partial charge in [-0.05, 0) is 13.3 Å². The molecule has 76 valence electrons. The average molecular weight is 191 g/mol. The van der Waals surface area contributed by atoms with E-state index in [2.05, 4.69) is 30.2 Å². The highest BCUT2D eigenvalue weighted by Gasteiger charge is 2.10. The second kappa shape index (κ2) is 4.83. The first-order chi connectivity index (χ1) is 6.67. The van der Waals surface area contributed by atoms with E-state index in [-0.39, 0.29) is 12.1 Å². The fourth-order valence-electron chi connectivity index (χ4n) is 1.35. The van der Waals surface area contributed by atoms with E-state index in [4.69, 9.17) is 6.42 Å². The third-order valence-electron chi connectivity index (χ3n) is 2.29. The molecule has 1 N–H and O–H groups in total. The molecule has 1 heterocycles. The van der Waals surface area contributed by atoms with E-state index in [0.717, 1.165) is 6.42 Å². The average Bonchev–Trinajstić information content (AvgIpc) is 2.61. The molecule has 0 amide bonds. The van der Waals surface area contributed by atoms with Crippen molar-refractivity contribution in [3.8, 4) is 12.3 Å². The molecular formula is C11H17N3. The molecule has 0 aromatic carbocycles. The Kier molecular flexibility index (Phi) is 3.73. The maximum Gasteiger partial charge on any atom is 0.0688 e. The quantitative estimate of drug-likeness (QED) is 0.731. The van der Waals surface area contributed by atoms with Gasteiger partial charge in [0.05, 0.1) is 12.2 Å². The highest BCUT2D eigenvalue weighted by Crippen LogP contribution is 2.11. The van der Waals surface area contributed by atoms with E-state index in [1.54, 1.807) is 4.68 Å². The summed E-state index contributed by atoms with van der Waals surface area (Å²) in [5.41, 5.74) is 1.17. The minimum absolute atomic E-state index is 0.144. The Morgan fingerprint density at radius 2 is 2.43 bits per heavy atom. The molecule has 3 nitrogen and oxygen atoms in total. The molecule has 1 aromatic rings. The van der Waals surface area contributed by atoms with E-state index in [1.807, 2.05) is 19.4 Å². The van der Waals surface area contributed by atoms with Crippen molar-refractivity contribution in [3.05, 3.63) is 18.0 Å². The maximum absolute atomic E-state index is 5.38. The zero-order chi connectivity index (χ0) is 10.6. The highest BCUT2D eigenvalue weighted by atomic mass is 15.2. The van der Waals surface area contributed by atoms with E-state index >= 15 is 0 Å². The first kappa shape index (κ1) is 10.8. The second-order valence-electron chi connectivity index (χ2n) is 3.46. The van der Waals surface area contributed by atoms with Gasteiger partial charge in [0.25, 0.3) is 0 Å². The van der Waals surface area contributed by atoms with Gasteiger partial charge in [0, 0.05) is 24.8 Å². The number of terminal acetylenes is 1. The van der Waals surface area contributed by atoms with Crippen LogP contribution in [0.15, 0.2) is 12.4 Å². The summed E-state index contributed by atoms with van der Waals surface area (Å²) in [6.07, 6.45) is 10.2. The van der Waals surface area contributed by atoms with Crippen LogP contribution in [0.4, 0.5) is 0 Å². The third-order valence-corrected chi connectivity index (χ3v) is 2.29. The topological polar surface area (TPSA) is 29.9 Å². The van der Waals surface area contributed by atoms with E-state index in [9.17, 15) is 0 Å². The molecule has 0 spiro atoms. The molecule has 0 aliphatic heterocycles. The molecule has 3 heteroatoms. The molecule has 0 fully saturated rings. The smallest absolute Gasteiger partial charge is 0.0688 e. The van der Waals surface area contributed by atoms with Crippen LogP contribution in [0.25, 0.3) is 0 Å². The third kappa shape index (κ3) is 2.61. The summed E-state index contributed by atoms with van der Waals surface area (Å²) in [5.74, 6) is 2.72. The number of hydrogen-bond acceptors (Lipinski definition) is 2. The van der Waals surface area contributed by atoms with Gasteiger partial charge < -0.3 is 0 Å². The summed E-state index contributed by atoms with van der Waals surface area (Å²) in [5, 5.41) is 7.48. The Morgan fingerprint density at radius 1 is 1.71 bits per heavy atom. The standard InChI is InChI=1S/C11H17N3/c1-5-11(6-2)13-9(3)10-7-12-14(4)8-10/h1,7-9,11,13H,6H2,2-4H3. The Balaban J connectivity index is 2.58. The van der Waals surface area contributed by atoms with Gasteiger partial charge in [0.1, 0.15) is 0 Å². The van der Waals surface area contributed by atoms with Crippen LogP contribution in [0.2, 0.25) is 0 Å². The second-order valence-corrected chi connectivity index (χ2v) is 3.46. The lowest BCUT2D eigenvalue weighted by Gasteiger charge is -2.16. The number of rotatable bonds is 4. The molecule has 0 saturated carbocycles. The van der Waals surface area contributed by atoms with Gasteiger partial charge in [-0.3, -0.25) is 10.00 Å². The van der Waals surface area contributed by atoms with Gasteiger partial charge >= 0.3 is 0 Å². The Bertz CT molecular complexity index is 322. The molecule has 2 atom stereocenters. The molecule has 0 aliphatic rings. The lowest BCUT2D eigenvalue weighted by atomic mass is 10.1. The molecular weight excluding hydrogens is 174 g/mol. The van der Waals surface area contributed by atoms with Crippen LogP contribution in [-0.2, 0) is 7.05 Å². The van der Waals surface area contributed by atoms with E-state index in [1.165, 1.54) is 5.56 Å². The van der Waals surface area contributed by atoms with Crippen molar-refractivity contribution < 1.29 is 0 Å². The number of nitrogens with zero attached hydrogens (tertiary/aromatic N) is 2. The predicted octanol–water partition coefficient (Wildman–Crippen LogP) is 1.48. The Hall–Kier alpha value is -1.27. The van der Waals surface area contributed by atoms with Gasteiger partial charge in [-0.2, -0.15) is 5.10 Å². The SMILES string of the molecule is C#CC(CC)NC(C)c1cnn(C)c1. The summed E-state index contributed by atoms with van der Waals surface area (Å²) < 4.78 is 1.80. The number of aryl methyl sites for hydroxylation is 1. The lowest BCUT2D eigenvalue weighted by Crippen LogP contribution is -2.29. The number of hydrogen-bond donors (Lipinski definition) is 1. The van der Waals surface area contributed by atoms with Gasteiger partial charge in [-0.25, -0.2) is 0 Å². The summed E-state index contributed by atoms with van der Waals surface area (Å²) in [6, 6.07) is 0.398. The molecule has 0 aliphatic carbocycles. The Labute approximate surface area is 85.5 Å². The lowest BCUT2D eigenvalue weighted by molar-refractivity contribution is 0.512. The fourth-order valence-corrected chi connectivity index (χ4v) is 1.35. The van der Waals surface area contributed by atoms with Gasteiger partial charge in [0.2, 0.25) is 0 Å². The molecule has 2 unspecified atom stereocenters. The van der Waals surface area contributed by atoms with Gasteiger partial charge in [-0.15, -0.1) is 6.42 Å². The van der Waals surface area contributed by atoms with Gasteiger partial charge in [0.15, 0.2) is 0 Å². The van der Waals surface area contributed by atoms with Crippen LogP contribution in [0.1, 0.15) is 31.9 Å². The number of aromatic nitrogens is 2. The minimum Gasteiger partial charge on any atom is -0.297 e. The zero-order valence-corrected chi connectivity index (χ0v) is 8.99.